The van der Waals surface area contributed by atoms with E-state index in [-0.39, 0.29) is 13.2 Å². The fourth-order valence-electron chi connectivity index (χ4n) is 2.69. The molecule has 0 fully saturated rings. The molecular formula is C21H20ClN3O3. The molecule has 0 aliphatic rings. The standard InChI is InChI=1S/C21H20ClN3O3/c1-2-28-20(26)13-23-21(27)19-12-18(16-8-10-17(22)11-9-16)24-25(19)14-15-6-4-3-5-7-15/h3-12H,2,13-14H2,1H3,(H,23,27). The minimum atomic E-state index is -0.483. The summed E-state index contributed by atoms with van der Waals surface area (Å²) >= 11 is 5.96. The molecule has 1 heterocycles. The number of aromatic nitrogens is 2. The first-order valence-corrected chi connectivity index (χ1v) is 9.26. The van der Waals surface area contributed by atoms with Crippen molar-refractivity contribution in [3.05, 3.63) is 76.9 Å². The summed E-state index contributed by atoms with van der Waals surface area (Å²) in [5, 5.41) is 7.80. The van der Waals surface area contributed by atoms with Crippen LogP contribution in [0, 0.1) is 0 Å². The highest BCUT2D eigenvalue weighted by Crippen LogP contribution is 2.22. The normalized spacial score (nSPS) is 10.5. The van der Waals surface area contributed by atoms with Gasteiger partial charge in [-0.15, -0.1) is 0 Å². The second-order valence-corrected chi connectivity index (χ2v) is 6.49. The Bertz CT molecular complexity index is 953. The second-order valence-electron chi connectivity index (χ2n) is 6.05. The molecule has 144 valence electrons. The lowest BCUT2D eigenvalue weighted by Crippen LogP contribution is -2.32. The highest BCUT2D eigenvalue weighted by molar-refractivity contribution is 6.30. The third kappa shape index (κ3) is 4.98. The fourth-order valence-corrected chi connectivity index (χ4v) is 2.82. The zero-order valence-electron chi connectivity index (χ0n) is 15.4. The number of amides is 1. The van der Waals surface area contributed by atoms with E-state index in [9.17, 15) is 9.59 Å². The number of nitrogens with one attached hydrogen (secondary N) is 1. The summed E-state index contributed by atoms with van der Waals surface area (Å²) in [6, 6.07) is 18.6. The molecule has 3 rings (SSSR count). The van der Waals surface area contributed by atoms with Crippen LogP contribution in [0.1, 0.15) is 23.0 Å². The third-order valence-corrected chi connectivity index (χ3v) is 4.28. The topological polar surface area (TPSA) is 73.2 Å². The number of carbonyl (C=O) groups is 2. The van der Waals surface area contributed by atoms with Crippen molar-refractivity contribution in [2.24, 2.45) is 0 Å². The molecule has 0 unspecified atom stereocenters. The summed E-state index contributed by atoms with van der Waals surface area (Å²) in [4.78, 5) is 24.2. The first-order valence-electron chi connectivity index (χ1n) is 8.88. The lowest BCUT2D eigenvalue weighted by molar-refractivity contribution is -0.141. The number of halogens is 1. The second kappa shape index (κ2) is 9.19. The molecule has 28 heavy (non-hydrogen) atoms. The minimum absolute atomic E-state index is 0.195. The molecule has 0 aliphatic heterocycles. The number of carbonyl (C=O) groups excluding carboxylic acids is 2. The van der Waals surface area contributed by atoms with Crippen LogP contribution < -0.4 is 5.32 Å². The van der Waals surface area contributed by atoms with E-state index in [4.69, 9.17) is 16.3 Å². The van der Waals surface area contributed by atoms with Crippen molar-refractivity contribution < 1.29 is 14.3 Å². The Morgan fingerprint density at radius 1 is 1.11 bits per heavy atom. The molecule has 0 radical (unpaired) electrons. The quantitative estimate of drug-likeness (QED) is 0.619. The van der Waals surface area contributed by atoms with Crippen LogP contribution in [0.15, 0.2) is 60.7 Å². The zero-order chi connectivity index (χ0) is 19.9. The maximum absolute atomic E-state index is 12.7. The van der Waals surface area contributed by atoms with Crippen LogP contribution in [-0.2, 0) is 16.1 Å². The van der Waals surface area contributed by atoms with Crippen LogP contribution in [0.25, 0.3) is 11.3 Å². The summed E-state index contributed by atoms with van der Waals surface area (Å²) in [6.07, 6.45) is 0. The molecule has 1 N–H and O–H groups in total. The van der Waals surface area contributed by atoms with E-state index in [0.717, 1.165) is 11.1 Å². The summed E-state index contributed by atoms with van der Waals surface area (Å²) in [5.41, 5.74) is 2.86. The van der Waals surface area contributed by atoms with Gasteiger partial charge in [0, 0.05) is 10.6 Å². The minimum Gasteiger partial charge on any atom is -0.465 e. The van der Waals surface area contributed by atoms with Gasteiger partial charge in [-0.25, -0.2) is 0 Å². The van der Waals surface area contributed by atoms with E-state index < -0.39 is 11.9 Å². The van der Waals surface area contributed by atoms with Gasteiger partial charge < -0.3 is 10.1 Å². The Hall–Kier alpha value is -3.12. The maximum atomic E-state index is 12.7. The van der Waals surface area contributed by atoms with Crippen molar-refractivity contribution in [2.45, 2.75) is 13.5 Å². The first-order chi connectivity index (χ1) is 13.6. The lowest BCUT2D eigenvalue weighted by atomic mass is 10.1. The molecule has 0 saturated carbocycles. The van der Waals surface area contributed by atoms with Gasteiger partial charge in [0.05, 0.1) is 18.8 Å². The predicted molar refractivity (Wildman–Crippen MR) is 107 cm³/mol. The number of benzene rings is 2. The summed E-state index contributed by atoms with van der Waals surface area (Å²) in [6.45, 7) is 2.21. The molecule has 3 aromatic rings. The van der Waals surface area contributed by atoms with E-state index >= 15 is 0 Å². The van der Waals surface area contributed by atoms with Gasteiger partial charge in [-0.3, -0.25) is 14.3 Å². The van der Waals surface area contributed by atoms with Gasteiger partial charge in [0.25, 0.3) is 5.91 Å². The summed E-state index contributed by atoms with van der Waals surface area (Å²) in [5.74, 6) is -0.875. The van der Waals surface area contributed by atoms with Crippen LogP contribution in [0.5, 0.6) is 0 Å². The third-order valence-electron chi connectivity index (χ3n) is 4.03. The lowest BCUT2D eigenvalue weighted by Gasteiger charge is -2.08. The molecule has 0 atom stereocenters. The van der Waals surface area contributed by atoms with E-state index in [1.165, 1.54) is 0 Å². The molecule has 0 bridgehead atoms. The Morgan fingerprint density at radius 3 is 2.50 bits per heavy atom. The number of rotatable bonds is 7. The molecule has 2 aromatic carbocycles. The Labute approximate surface area is 168 Å². The molecule has 0 saturated heterocycles. The highest BCUT2D eigenvalue weighted by Gasteiger charge is 2.17. The van der Waals surface area contributed by atoms with Crippen LogP contribution >= 0.6 is 11.6 Å². The first kappa shape index (κ1) is 19.6. The molecule has 1 aromatic heterocycles. The number of esters is 1. The van der Waals surface area contributed by atoms with E-state index in [2.05, 4.69) is 10.4 Å². The highest BCUT2D eigenvalue weighted by atomic mass is 35.5. The Balaban J connectivity index is 1.88. The Kier molecular flexibility index (Phi) is 6.45. The fraction of sp³-hybridized carbons (Fsp3) is 0.190. The van der Waals surface area contributed by atoms with Gasteiger partial charge in [0.15, 0.2) is 0 Å². The number of hydrogen-bond acceptors (Lipinski definition) is 4. The average Bonchev–Trinajstić information content (AvgIpc) is 3.11. The molecule has 0 aliphatic carbocycles. The Morgan fingerprint density at radius 2 is 1.82 bits per heavy atom. The van der Waals surface area contributed by atoms with Crippen molar-refractivity contribution in [1.29, 1.82) is 0 Å². The SMILES string of the molecule is CCOC(=O)CNC(=O)c1cc(-c2ccc(Cl)cc2)nn1Cc1ccccc1. The van der Waals surface area contributed by atoms with Gasteiger partial charge in [0.2, 0.25) is 0 Å². The smallest absolute Gasteiger partial charge is 0.325 e. The molecule has 6 nitrogen and oxygen atoms in total. The summed E-state index contributed by atoms with van der Waals surface area (Å²) in [7, 11) is 0. The van der Waals surface area contributed by atoms with E-state index in [1.54, 1.807) is 29.8 Å². The van der Waals surface area contributed by atoms with Gasteiger partial charge in [0.1, 0.15) is 12.2 Å². The van der Waals surface area contributed by atoms with Crippen molar-refractivity contribution in [1.82, 2.24) is 15.1 Å². The largest absolute Gasteiger partial charge is 0.465 e. The monoisotopic (exact) mass is 397 g/mol. The van der Waals surface area contributed by atoms with Gasteiger partial charge in [-0.05, 0) is 30.7 Å². The number of hydrogen-bond donors (Lipinski definition) is 1. The van der Waals surface area contributed by atoms with E-state index in [0.29, 0.717) is 23.0 Å². The average molecular weight is 398 g/mol. The van der Waals surface area contributed by atoms with E-state index in [1.807, 2.05) is 42.5 Å². The number of nitrogens with zero attached hydrogens (tertiary/aromatic N) is 2. The van der Waals surface area contributed by atoms with Crippen LogP contribution in [0.3, 0.4) is 0 Å². The van der Waals surface area contributed by atoms with Crippen molar-refractivity contribution >= 4 is 23.5 Å². The molecule has 1 amide bonds. The maximum Gasteiger partial charge on any atom is 0.325 e. The van der Waals surface area contributed by atoms with Gasteiger partial charge >= 0.3 is 5.97 Å². The van der Waals surface area contributed by atoms with Crippen molar-refractivity contribution in [3.8, 4) is 11.3 Å². The molecular weight excluding hydrogens is 378 g/mol. The van der Waals surface area contributed by atoms with Crippen molar-refractivity contribution in [2.75, 3.05) is 13.2 Å². The van der Waals surface area contributed by atoms with Crippen LogP contribution in [0.2, 0.25) is 5.02 Å². The van der Waals surface area contributed by atoms with Gasteiger partial charge in [-0.1, -0.05) is 54.1 Å². The molecule has 7 heteroatoms. The van der Waals surface area contributed by atoms with Crippen LogP contribution in [0.4, 0.5) is 0 Å². The molecule has 0 spiro atoms. The van der Waals surface area contributed by atoms with Crippen LogP contribution in [-0.4, -0.2) is 34.8 Å². The number of ether oxygens (including phenoxy) is 1. The summed E-state index contributed by atoms with van der Waals surface area (Å²) < 4.78 is 6.48. The predicted octanol–water partition coefficient (Wildman–Crippen LogP) is 3.54. The van der Waals surface area contributed by atoms with Crippen molar-refractivity contribution in [3.63, 3.8) is 0 Å². The van der Waals surface area contributed by atoms with Gasteiger partial charge in [-0.2, -0.15) is 5.10 Å². The zero-order valence-corrected chi connectivity index (χ0v) is 16.1.